The Bertz CT molecular complexity index is 321. The summed E-state index contributed by atoms with van der Waals surface area (Å²) < 4.78 is 11.1. The third-order valence-electron chi connectivity index (χ3n) is 2.75. The van der Waals surface area contributed by atoms with Gasteiger partial charge in [-0.25, -0.2) is 4.79 Å². The number of amides is 2. The van der Waals surface area contributed by atoms with Gasteiger partial charge in [0.15, 0.2) is 0 Å². The number of nitrogens with one attached hydrogen (secondary N) is 1. The number of carbonyl (C=O) groups is 2. The van der Waals surface area contributed by atoms with Gasteiger partial charge in [-0.3, -0.25) is 9.00 Å². The van der Waals surface area contributed by atoms with Gasteiger partial charge in [-0.2, -0.15) is 0 Å². The minimum Gasteiger partial charge on any atom is -0.481 e. The van der Waals surface area contributed by atoms with Crippen LogP contribution in [0.15, 0.2) is 0 Å². The lowest BCUT2D eigenvalue weighted by Gasteiger charge is -2.16. The Hall–Kier alpha value is -1.11. The largest absolute Gasteiger partial charge is 0.481 e. The molecule has 1 heterocycles. The number of hydrogen-bond acceptors (Lipinski definition) is 3. The Balaban J connectivity index is 2.25. The summed E-state index contributed by atoms with van der Waals surface area (Å²) in [6.07, 6.45) is 0.504. The lowest BCUT2D eigenvalue weighted by molar-refractivity contribution is -0.141. The molecule has 2 N–H and O–H groups in total. The van der Waals surface area contributed by atoms with Crippen LogP contribution in [-0.2, 0) is 15.6 Å². The first kappa shape index (κ1) is 14.0. The monoisotopic (exact) mass is 262 g/mol. The van der Waals surface area contributed by atoms with Gasteiger partial charge in [0.2, 0.25) is 0 Å². The summed E-state index contributed by atoms with van der Waals surface area (Å²) in [4.78, 5) is 23.8. The highest BCUT2D eigenvalue weighted by Gasteiger charge is 2.30. The van der Waals surface area contributed by atoms with Crippen molar-refractivity contribution in [3.8, 4) is 0 Å². The smallest absolute Gasteiger partial charge is 0.317 e. The first-order chi connectivity index (χ1) is 8.04. The fourth-order valence-corrected chi connectivity index (χ4v) is 2.29. The molecule has 0 saturated carbocycles. The Morgan fingerprint density at radius 1 is 1.53 bits per heavy atom. The van der Waals surface area contributed by atoms with E-state index in [2.05, 4.69) is 5.32 Å². The van der Waals surface area contributed by atoms with E-state index in [4.69, 9.17) is 5.11 Å². The van der Waals surface area contributed by atoms with Gasteiger partial charge >= 0.3 is 12.0 Å². The fourth-order valence-electron chi connectivity index (χ4n) is 1.67. The average Bonchev–Trinajstić information content (AvgIpc) is 2.78. The zero-order valence-corrected chi connectivity index (χ0v) is 10.7. The topological polar surface area (TPSA) is 86.7 Å². The number of carbonyl (C=O) groups excluding carboxylic acids is 1. The van der Waals surface area contributed by atoms with Crippen LogP contribution in [0.1, 0.15) is 13.3 Å². The van der Waals surface area contributed by atoms with E-state index in [-0.39, 0.29) is 12.6 Å². The normalized spacial score (nSPS) is 21.2. The van der Waals surface area contributed by atoms with Crippen LogP contribution >= 0.6 is 0 Å². The van der Waals surface area contributed by atoms with Crippen LogP contribution in [-0.4, -0.2) is 57.4 Å². The second kappa shape index (κ2) is 6.58. The molecule has 0 aromatic heterocycles. The molecule has 2 unspecified atom stereocenters. The van der Waals surface area contributed by atoms with Gasteiger partial charge in [-0.1, -0.05) is 6.92 Å². The number of likely N-dealkylation sites (tertiary alicyclic amines) is 1. The molecule has 0 aliphatic carbocycles. The molecule has 1 rings (SSSR count). The number of nitrogens with zero attached hydrogens (tertiary/aromatic N) is 1. The fraction of sp³-hybridized carbons (Fsp3) is 0.800. The molecule has 1 aliphatic rings. The van der Waals surface area contributed by atoms with Crippen LogP contribution in [0.4, 0.5) is 4.79 Å². The Morgan fingerprint density at radius 3 is 2.76 bits per heavy atom. The molecule has 2 amide bonds. The maximum atomic E-state index is 11.6. The molecule has 0 spiro atoms. The molecule has 17 heavy (non-hydrogen) atoms. The van der Waals surface area contributed by atoms with Gasteiger partial charge in [0.05, 0.1) is 5.92 Å². The quantitative estimate of drug-likeness (QED) is 0.722. The van der Waals surface area contributed by atoms with Gasteiger partial charge < -0.3 is 15.3 Å². The molecule has 0 aromatic rings. The van der Waals surface area contributed by atoms with Crippen LogP contribution in [0, 0.1) is 5.92 Å². The summed E-state index contributed by atoms with van der Waals surface area (Å²) >= 11 is 0. The molecule has 1 fully saturated rings. The Morgan fingerprint density at radius 2 is 2.24 bits per heavy atom. The molecule has 0 radical (unpaired) electrons. The molecule has 2 atom stereocenters. The third kappa shape index (κ3) is 4.33. The SMILES string of the molecule is CCS(=O)CCNC(=O)N1CCC(C(=O)O)C1. The zero-order chi connectivity index (χ0) is 12.8. The summed E-state index contributed by atoms with van der Waals surface area (Å²) in [5, 5.41) is 11.4. The average molecular weight is 262 g/mol. The Labute approximate surface area is 103 Å². The molecule has 7 heteroatoms. The van der Waals surface area contributed by atoms with Crippen molar-refractivity contribution in [3.05, 3.63) is 0 Å². The molecule has 1 saturated heterocycles. The highest BCUT2D eigenvalue weighted by atomic mass is 32.2. The standard InChI is InChI=1S/C10H18N2O4S/c1-2-17(16)6-4-11-10(15)12-5-3-8(7-12)9(13)14/h8H,2-7H2,1H3,(H,11,15)(H,13,14). The van der Waals surface area contributed by atoms with Crippen molar-refractivity contribution in [3.63, 3.8) is 0 Å². The summed E-state index contributed by atoms with van der Waals surface area (Å²) in [6.45, 7) is 2.93. The second-order valence-electron chi connectivity index (χ2n) is 3.93. The zero-order valence-electron chi connectivity index (χ0n) is 9.85. The molecular formula is C10H18N2O4S. The van der Waals surface area contributed by atoms with Crippen LogP contribution in [0.3, 0.4) is 0 Å². The minimum atomic E-state index is -0.887. The van der Waals surface area contributed by atoms with Crippen molar-refractivity contribution in [2.24, 2.45) is 5.92 Å². The maximum absolute atomic E-state index is 11.6. The predicted octanol–water partition coefficient (Wildman–Crippen LogP) is -0.129. The molecular weight excluding hydrogens is 244 g/mol. The number of rotatable bonds is 5. The lowest BCUT2D eigenvalue weighted by Crippen LogP contribution is -2.40. The van der Waals surface area contributed by atoms with Crippen molar-refractivity contribution < 1.29 is 18.9 Å². The van der Waals surface area contributed by atoms with Crippen molar-refractivity contribution >= 4 is 22.8 Å². The summed E-state index contributed by atoms with van der Waals surface area (Å²) in [7, 11) is -0.887. The van der Waals surface area contributed by atoms with Crippen molar-refractivity contribution in [1.82, 2.24) is 10.2 Å². The number of carboxylic acids is 1. The van der Waals surface area contributed by atoms with Crippen LogP contribution in [0.2, 0.25) is 0 Å². The van der Waals surface area contributed by atoms with Crippen LogP contribution < -0.4 is 5.32 Å². The summed E-state index contributed by atoms with van der Waals surface area (Å²) in [5.74, 6) is -0.281. The van der Waals surface area contributed by atoms with Crippen LogP contribution in [0.5, 0.6) is 0 Å². The summed E-state index contributed by atoms with van der Waals surface area (Å²) in [6, 6.07) is -0.262. The minimum absolute atomic E-state index is 0.262. The van der Waals surface area contributed by atoms with E-state index in [1.54, 1.807) is 0 Å². The second-order valence-corrected chi connectivity index (χ2v) is 5.80. The van der Waals surface area contributed by atoms with E-state index in [1.807, 2.05) is 6.92 Å². The predicted molar refractivity (Wildman–Crippen MR) is 64.3 cm³/mol. The van der Waals surface area contributed by atoms with E-state index in [1.165, 1.54) is 4.90 Å². The van der Waals surface area contributed by atoms with Crippen molar-refractivity contribution in [1.29, 1.82) is 0 Å². The van der Waals surface area contributed by atoms with Gasteiger partial charge in [0, 0.05) is 41.9 Å². The number of aliphatic carboxylic acids is 1. The highest BCUT2D eigenvalue weighted by Crippen LogP contribution is 2.15. The number of urea groups is 1. The van der Waals surface area contributed by atoms with Gasteiger partial charge in [0.25, 0.3) is 0 Å². The molecule has 98 valence electrons. The van der Waals surface area contributed by atoms with E-state index in [9.17, 15) is 13.8 Å². The first-order valence-corrected chi connectivity index (χ1v) is 7.14. The van der Waals surface area contributed by atoms with E-state index in [0.29, 0.717) is 31.0 Å². The number of hydrogen-bond donors (Lipinski definition) is 2. The van der Waals surface area contributed by atoms with Crippen molar-refractivity contribution in [2.75, 3.05) is 31.1 Å². The number of carboxylic acid groups (broad SMARTS) is 1. The summed E-state index contributed by atoms with van der Waals surface area (Å²) in [5.41, 5.74) is 0. The highest BCUT2D eigenvalue weighted by molar-refractivity contribution is 7.84. The van der Waals surface area contributed by atoms with Crippen molar-refractivity contribution in [2.45, 2.75) is 13.3 Å². The van der Waals surface area contributed by atoms with E-state index < -0.39 is 22.7 Å². The molecule has 0 bridgehead atoms. The molecule has 0 aromatic carbocycles. The maximum Gasteiger partial charge on any atom is 0.317 e. The van der Waals surface area contributed by atoms with Gasteiger partial charge in [0.1, 0.15) is 0 Å². The van der Waals surface area contributed by atoms with Gasteiger partial charge in [-0.05, 0) is 6.42 Å². The van der Waals surface area contributed by atoms with E-state index in [0.717, 1.165) is 0 Å². The Kier molecular flexibility index (Phi) is 5.40. The van der Waals surface area contributed by atoms with Gasteiger partial charge in [-0.15, -0.1) is 0 Å². The molecule has 6 nitrogen and oxygen atoms in total. The first-order valence-electron chi connectivity index (χ1n) is 5.65. The van der Waals surface area contributed by atoms with Crippen LogP contribution in [0.25, 0.3) is 0 Å². The molecule has 1 aliphatic heterocycles. The lowest BCUT2D eigenvalue weighted by atomic mass is 10.1. The third-order valence-corrected chi connectivity index (χ3v) is 4.06. The van der Waals surface area contributed by atoms with E-state index >= 15 is 0 Å².